The second-order valence-corrected chi connectivity index (χ2v) is 7.30. The number of ether oxygens (including phenoxy) is 2. The molecule has 1 heterocycles. The van der Waals surface area contributed by atoms with Crippen LogP contribution < -0.4 is 4.74 Å². The summed E-state index contributed by atoms with van der Waals surface area (Å²) in [7, 11) is 1.47. The van der Waals surface area contributed by atoms with Gasteiger partial charge in [-0.1, -0.05) is 19.4 Å². The Morgan fingerprint density at radius 1 is 1.32 bits per heavy atom. The smallest absolute Gasteiger partial charge is 0.315 e. The van der Waals surface area contributed by atoms with Gasteiger partial charge in [-0.3, -0.25) is 14.6 Å². The molecule has 1 unspecified atom stereocenters. The van der Waals surface area contributed by atoms with Gasteiger partial charge in [0.25, 0.3) is 0 Å². The topological polar surface area (TPSA) is 85.2 Å². The van der Waals surface area contributed by atoms with Gasteiger partial charge in [-0.2, -0.15) is 0 Å². The molecule has 1 aliphatic heterocycles. The quantitative estimate of drug-likeness (QED) is 0.592. The van der Waals surface area contributed by atoms with Crippen LogP contribution in [0.1, 0.15) is 57.4 Å². The van der Waals surface area contributed by atoms with Crippen LogP contribution in [0.3, 0.4) is 0 Å². The summed E-state index contributed by atoms with van der Waals surface area (Å²) >= 11 is 0. The summed E-state index contributed by atoms with van der Waals surface area (Å²) in [4.78, 5) is 30.4. The van der Waals surface area contributed by atoms with E-state index in [9.17, 15) is 14.7 Å². The molecule has 150 valence electrons. The van der Waals surface area contributed by atoms with Crippen LogP contribution in [0.4, 0.5) is 0 Å². The highest BCUT2D eigenvalue weighted by molar-refractivity contribution is 6.08. The third-order valence-electron chi connectivity index (χ3n) is 5.39. The van der Waals surface area contributed by atoms with Crippen molar-refractivity contribution in [3.8, 4) is 11.5 Å². The van der Waals surface area contributed by atoms with Crippen molar-refractivity contribution in [2.75, 3.05) is 13.7 Å². The zero-order valence-corrected chi connectivity index (χ0v) is 16.7. The number of methoxy groups -OCH3 is 1. The predicted octanol–water partition coefficient (Wildman–Crippen LogP) is 3.93. The summed E-state index contributed by atoms with van der Waals surface area (Å²) in [6.07, 6.45) is 3.67. The lowest BCUT2D eigenvalue weighted by molar-refractivity contribution is -0.146. The maximum atomic E-state index is 13.0. The van der Waals surface area contributed by atoms with Gasteiger partial charge in [-0.15, -0.1) is 0 Å². The van der Waals surface area contributed by atoms with Crippen LogP contribution in [0, 0.1) is 5.92 Å². The number of nitrogens with zero attached hydrogens (tertiary/aromatic N) is 1. The van der Waals surface area contributed by atoms with Crippen LogP contribution in [0.25, 0.3) is 0 Å². The van der Waals surface area contributed by atoms with E-state index >= 15 is 0 Å². The number of benzene rings is 1. The Hall–Kier alpha value is -2.63. The molecule has 0 bridgehead atoms. The lowest BCUT2D eigenvalue weighted by Gasteiger charge is -2.34. The van der Waals surface area contributed by atoms with E-state index in [2.05, 4.69) is 4.99 Å². The van der Waals surface area contributed by atoms with E-state index in [1.165, 1.54) is 13.2 Å². The number of Topliss-reactive ketones (excluding diaryl/α,β-unsaturated/α-hetero) is 1. The minimum Gasteiger partial charge on any atom is -0.504 e. The summed E-state index contributed by atoms with van der Waals surface area (Å²) in [5, 5.41) is 9.97. The Morgan fingerprint density at radius 2 is 2.11 bits per heavy atom. The normalized spacial score (nSPS) is 21.8. The van der Waals surface area contributed by atoms with Gasteiger partial charge < -0.3 is 14.6 Å². The largest absolute Gasteiger partial charge is 0.504 e. The Balaban J connectivity index is 2.07. The molecular weight excluding hydrogens is 358 g/mol. The molecule has 0 saturated carbocycles. The first-order chi connectivity index (χ1) is 13.5. The van der Waals surface area contributed by atoms with Crippen molar-refractivity contribution < 1.29 is 24.2 Å². The number of rotatable bonds is 6. The molecule has 0 aromatic heterocycles. The highest BCUT2D eigenvalue weighted by Gasteiger charge is 2.43. The minimum atomic E-state index is -0.660. The third-order valence-corrected chi connectivity index (χ3v) is 5.39. The van der Waals surface area contributed by atoms with E-state index in [-0.39, 0.29) is 17.5 Å². The molecule has 2 atom stereocenters. The fourth-order valence-corrected chi connectivity index (χ4v) is 3.97. The number of carbonyl (C=O) groups excluding carboxylic acids is 2. The van der Waals surface area contributed by atoms with Gasteiger partial charge in [0, 0.05) is 29.3 Å². The number of hydrogen-bond donors (Lipinski definition) is 1. The van der Waals surface area contributed by atoms with Crippen molar-refractivity contribution in [1.82, 2.24) is 0 Å². The summed E-state index contributed by atoms with van der Waals surface area (Å²) in [6.45, 7) is 4.20. The number of phenols is 1. The van der Waals surface area contributed by atoms with E-state index < -0.39 is 11.8 Å². The number of aliphatic imine (C=N–C) groups is 1. The molecule has 0 amide bonds. The standard InChI is InChI=1S/C22H27NO5/c1-4-5-11-28-22(26)19-13(2)23-15-7-6-8-17(25)21(15)20(19)14-9-10-16(24)18(12-14)27-3/h9-10,12,19-20,24H,4-8,11H2,1-3H3/t19?,20-/m0/s1. The Bertz CT molecular complexity index is 839. The number of hydrogen-bond acceptors (Lipinski definition) is 6. The van der Waals surface area contributed by atoms with E-state index in [0.29, 0.717) is 30.1 Å². The number of carbonyl (C=O) groups is 2. The Morgan fingerprint density at radius 3 is 2.82 bits per heavy atom. The maximum Gasteiger partial charge on any atom is 0.315 e. The van der Waals surface area contributed by atoms with Crippen LogP contribution >= 0.6 is 0 Å². The number of esters is 1. The number of aromatic hydroxyl groups is 1. The number of allylic oxidation sites excluding steroid dienone is 2. The van der Waals surface area contributed by atoms with E-state index in [0.717, 1.165) is 36.9 Å². The molecule has 1 aliphatic carbocycles. The van der Waals surface area contributed by atoms with E-state index in [4.69, 9.17) is 9.47 Å². The van der Waals surface area contributed by atoms with Crippen molar-refractivity contribution in [3.05, 3.63) is 35.0 Å². The number of ketones is 1. The first-order valence-electron chi connectivity index (χ1n) is 9.82. The van der Waals surface area contributed by atoms with E-state index in [1.807, 2.05) is 13.8 Å². The average Bonchev–Trinajstić information content (AvgIpc) is 2.67. The van der Waals surface area contributed by atoms with Crippen LogP contribution in [0.5, 0.6) is 11.5 Å². The van der Waals surface area contributed by atoms with Crippen LogP contribution in [0.2, 0.25) is 0 Å². The molecule has 0 spiro atoms. The fourth-order valence-electron chi connectivity index (χ4n) is 3.97. The average molecular weight is 385 g/mol. The summed E-state index contributed by atoms with van der Waals surface area (Å²) in [6, 6.07) is 4.96. The molecule has 1 N–H and O–H groups in total. The number of unbranched alkanes of at least 4 members (excludes halogenated alkanes) is 1. The van der Waals surface area contributed by atoms with Gasteiger partial charge in [0.15, 0.2) is 17.3 Å². The molecule has 0 radical (unpaired) electrons. The zero-order chi connectivity index (χ0) is 20.3. The molecule has 6 nitrogen and oxygen atoms in total. The molecule has 28 heavy (non-hydrogen) atoms. The van der Waals surface area contributed by atoms with Gasteiger partial charge in [-0.05, 0) is 43.9 Å². The highest BCUT2D eigenvalue weighted by Crippen LogP contribution is 2.45. The maximum absolute atomic E-state index is 13.0. The van der Waals surface area contributed by atoms with Gasteiger partial charge in [0.1, 0.15) is 5.92 Å². The minimum absolute atomic E-state index is 0.0127. The molecule has 3 rings (SSSR count). The zero-order valence-electron chi connectivity index (χ0n) is 16.7. The van der Waals surface area contributed by atoms with Crippen molar-refractivity contribution in [2.24, 2.45) is 10.9 Å². The fraction of sp³-hybridized carbons (Fsp3) is 0.500. The van der Waals surface area contributed by atoms with Gasteiger partial charge >= 0.3 is 5.97 Å². The molecule has 1 aromatic carbocycles. The van der Waals surface area contributed by atoms with Crippen molar-refractivity contribution >= 4 is 17.5 Å². The Labute approximate surface area is 165 Å². The summed E-state index contributed by atoms with van der Waals surface area (Å²) in [5.74, 6) is -1.16. The highest BCUT2D eigenvalue weighted by atomic mass is 16.5. The van der Waals surface area contributed by atoms with Crippen molar-refractivity contribution in [1.29, 1.82) is 0 Å². The van der Waals surface area contributed by atoms with E-state index in [1.54, 1.807) is 12.1 Å². The monoisotopic (exact) mass is 385 g/mol. The molecule has 0 saturated heterocycles. The third kappa shape index (κ3) is 3.81. The van der Waals surface area contributed by atoms with Gasteiger partial charge in [-0.25, -0.2) is 0 Å². The molecule has 1 aromatic rings. The molecule has 6 heteroatoms. The first-order valence-corrected chi connectivity index (χ1v) is 9.82. The van der Waals surface area contributed by atoms with Crippen molar-refractivity contribution in [3.63, 3.8) is 0 Å². The Kier molecular flexibility index (Phi) is 6.17. The first kappa shape index (κ1) is 20.1. The second kappa shape index (κ2) is 8.59. The second-order valence-electron chi connectivity index (χ2n) is 7.30. The molecule has 2 aliphatic rings. The molecule has 0 fully saturated rings. The SMILES string of the molecule is CCCCOC(=O)C1C(C)=NC2=C(C(=O)CCC2)[C@H]1c1ccc(O)c(OC)c1. The molecular formula is C22H27NO5. The number of phenolic OH excluding ortho intramolecular Hbond substituents is 1. The lowest BCUT2D eigenvalue weighted by atomic mass is 9.71. The van der Waals surface area contributed by atoms with Crippen LogP contribution in [0.15, 0.2) is 34.5 Å². The summed E-state index contributed by atoms with van der Waals surface area (Å²) in [5.41, 5.74) is 2.77. The van der Waals surface area contributed by atoms with Crippen LogP contribution in [-0.4, -0.2) is 36.3 Å². The summed E-state index contributed by atoms with van der Waals surface area (Å²) < 4.78 is 10.7. The lowest BCUT2D eigenvalue weighted by Crippen LogP contribution is -2.37. The van der Waals surface area contributed by atoms with Gasteiger partial charge in [0.2, 0.25) is 0 Å². The van der Waals surface area contributed by atoms with Crippen LogP contribution in [-0.2, 0) is 14.3 Å². The van der Waals surface area contributed by atoms with Gasteiger partial charge in [0.05, 0.1) is 13.7 Å². The van der Waals surface area contributed by atoms with Crippen molar-refractivity contribution in [2.45, 2.75) is 51.9 Å². The predicted molar refractivity (Wildman–Crippen MR) is 106 cm³/mol.